The van der Waals surface area contributed by atoms with Gasteiger partial charge < -0.3 is 25.4 Å². The van der Waals surface area contributed by atoms with Gasteiger partial charge in [0, 0.05) is 18.2 Å². The second kappa shape index (κ2) is 18.8. The van der Waals surface area contributed by atoms with Crippen molar-refractivity contribution in [1.29, 1.82) is 0 Å². The van der Waals surface area contributed by atoms with E-state index in [1.165, 1.54) is 6.07 Å². The van der Waals surface area contributed by atoms with Crippen molar-refractivity contribution in [2.45, 2.75) is 123 Å². The number of alkyl carbamates (subject to hydrolysis) is 1. The minimum atomic E-state index is -1.04. The number of phenols is 1. The number of carbonyl (C=O) groups is 3. The molecule has 1 aromatic carbocycles. The molecule has 0 aliphatic rings. The molecule has 0 spiro atoms. The van der Waals surface area contributed by atoms with Crippen LogP contribution in [0.3, 0.4) is 0 Å². The molecule has 0 radical (unpaired) electrons. The Morgan fingerprint density at radius 2 is 1.62 bits per heavy atom. The molecule has 3 atom stereocenters. The fourth-order valence-electron chi connectivity index (χ4n) is 4.57. The van der Waals surface area contributed by atoms with Gasteiger partial charge in [0.1, 0.15) is 23.4 Å². The zero-order chi connectivity index (χ0) is 30.1. The Morgan fingerprint density at radius 3 is 2.23 bits per heavy atom. The Bertz CT molecular complexity index is 905. The topological polar surface area (TPSA) is 108 Å². The van der Waals surface area contributed by atoms with Gasteiger partial charge in [-0.3, -0.25) is 9.59 Å². The van der Waals surface area contributed by atoms with Crippen molar-refractivity contribution in [1.82, 2.24) is 15.5 Å². The highest BCUT2D eigenvalue weighted by Crippen LogP contribution is 2.31. The smallest absolute Gasteiger partial charge is 0.408 e. The summed E-state index contributed by atoms with van der Waals surface area (Å²) in [7, 11) is 0. The first-order chi connectivity index (χ1) is 18.9. The number of benzene rings is 1. The summed E-state index contributed by atoms with van der Waals surface area (Å²) in [6.45, 7) is 11.8. The molecule has 0 saturated heterocycles. The van der Waals surface area contributed by atoms with Crippen molar-refractivity contribution in [2.24, 2.45) is 0 Å². The van der Waals surface area contributed by atoms with E-state index in [2.05, 4.69) is 24.5 Å². The van der Waals surface area contributed by atoms with Gasteiger partial charge in [-0.2, -0.15) is 11.8 Å². The molecule has 3 amide bonds. The van der Waals surface area contributed by atoms with Gasteiger partial charge in [-0.25, -0.2) is 4.79 Å². The van der Waals surface area contributed by atoms with E-state index in [9.17, 15) is 19.5 Å². The molecule has 0 saturated carbocycles. The van der Waals surface area contributed by atoms with Crippen LogP contribution in [0.5, 0.6) is 5.75 Å². The molecule has 3 N–H and O–H groups in total. The summed E-state index contributed by atoms with van der Waals surface area (Å²) < 4.78 is 5.46. The average Bonchev–Trinajstić information content (AvgIpc) is 2.87. The fourth-order valence-corrected chi connectivity index (χ4v) is 5.04. The Kier molecular flexibility index (Phi) is 16.8. The number of phenolic OH excluding ortho intramolecular Hbond substituents is 1. The summed E-state index contributed by atoms with van der Waals surface area (Å²) in [4.78, 5) is 42.3. The molecule has 0 aliphatic carbocycles. The minimum Gasteiger partial charge on any atom is -0.508 e. The number of hydrogen-bond donors (Lipinski definition) is 3. The Hall–Kier alpha value is -2.42. The monoisotopic (exact) mass is 579 g/mol. The SMILES string of the molecule is CCCCCCCCN(C(=O)C(CCSC)NC(=O)OC(C)(C)C)C(C(=O)NC(C)CCC)c1ccccc1O. The van der Waals surface area contributed by atoms with E-state index in [0.717, 1.165) is 44.9 Å². The predicted molar refractivity (Wildman–Crippen MR) is 165 cm³/mol. The van der Waals surface area contributed by atoms with Crippen LogP contribution in [-0.4, -0.2) is 64.2 Å². The molecular formula is C31H53N3O5S. The number of aromatic hydroxyl groups is 1. The first-order valence-corrected chi connectivity index (χ1v) is 16.2. The number of para-hydroxylation sites is 1. The van der Waals surface area contributed by atoms with Crippen LogP contribution in [0.1, 0.15) is 111 Å². The molecule has 1 rings (SSSR count). The molecule has 0 aliphatic heterocycles. The highest BCUT2D eigenvalue weighted by Gasteiger charge is 2.37. The minimum absolute atomic E-state index is 0.0488. The number of nitrogens with one attached hydrogen (secondary N) is 2. The van der Waals surface area contributed by atoms with Crippen molar-refractivity contribution in [3.05, 3.63) is 29.8 Å². The number of rotatable bonds is 18. The molecule has 0 heterocycles. The highest BCUT2D eigenvalue weighted by molar-refractivity contribution is 7.98. The largest absolute Gasteiger partial charge is 0.508 e. The summed E-state index contributed by atoms with van der Waals surface area (Å²) in [6, 6.07) is 4.65. The van der Waals surface area contributed by atoms with Gasteiger partial charge in [0.15, 0.2) is 0 Å². The summed E-state index contributed by atoms with van der Waals surface area (Å²) in [6.07, 6.45) is 9.44. The van der Waals surface area contributed by atoms with Crippen molar-refractivity contribution in [3.8, 4) is 5.75 Å². The van der Waals surface area contributed by atoms with Crippen LogP contribution in [0.25, 0.3) is 0 Å². The van der Waals surface area contributed by atoms with Gasteiger partial charge in [-0.15, -0.1) is 0 Å². The first kappa shape index (κ1) is 35.6. The zero-order valence-corrected chi connectivity index (χ0v) is 26.6. The van der Waals surface area contributed by atoms with Gasteiger partial charge in [-0.05, 0) is 65.0 Å². The van der Waals surface area contributed by atoms with E-state index in [1.54, 1.807) is 55.6 Å². The molecule has 0 aromatic heterocycles. The van der Waals surface area contributed by atoms with Gasteiger partial charge in [0.05, 0.1) is 0 Å². The summed E-state index contributed by atoms with van der Waals surface area (Å²) in [5.74, 6) is -0.118. The number of hydrogen-bond acceptors (Lipinski definition) is 6. The number of unbranched alkanes of at least 4 members (excludes halogenated alkanes) is 5. The van der Waals surface area contributed by atoms with E-state index < -0.39 is 23.8 Å². The second-order valence-corrected chi connectivity index (χ2v) is 12.4. The summed E-state index contributed by atoms with van der Waals surface area (Å²) in [5, 5.41) is 16.6. The first-order valence-electron chi connectivity index (χ1n) is 14.8. The van der Waals surface area contributed by atoms with Crippen LogP contribution in [0.15, 0.2) is 24.3 Å². The average molecular weight is 580 g/mol. The van der Waals surface area contributed by atoms with Gasteiger partial charge in [0.25, 0.3) is 0 Å². The number of thioether (sulfide) groups is 1. The van der Waals surface area contributed by atoms with Gasteiger partial charge in [0.2, 0.25) is 11.8 Å². The quantitative estimate of drug-likeness (QED) is 0.170. The summed E-state index contributed by atoms with van der Waals surface area (Å²) >= 11 is 1.57. The summed E-state index contributed by atoms with van der Waals surface area (Å²) in [5.41, 5.74) is -0.354. The van der Waals surface area contributed by atoms with Crippen molar-refractivity contribution >= 4 is 29.7 Å². The van der Waals surface area contributed by atoms with E-state index in [-0.39, 0.29) is 23.6 Å². The van der Waals surface area contributed by atoms with E-state index >= 15 is 0 Å². The van der Waals surface area contributed by atoms with Crippen LogP contribution in [0.2, 0.25) is 0 Å². The molecule has 1 aromatic rings. The van der Waals surface area contributed by atoms with Crippen LogP contribution in [0.4, 0.5) is 4.79 Å². The Labute approximate surface area is 246 Å². The number of amides is 3. The van der Waals surface area contributed by atoms with Crippen molar-refractivity contribution in [3.63, 3.8) is 0 Å². The van der Waals surface area contributed by atoms with E-state index in [1.807, 2.05) is 13.2 Å². The third-order valence-corrected chi connectivity index (χ3v) is 7.18. The maximum absolute atomic E-state index is 14.2. The molecule has 0 bridgehead atoms. The lowest BCUT2D eigenvalue weighted by atomic mass is 9.99. The Balaban J connectivity index is 3.45. The van der Waals surface area contributed by atoms with E-state index in [0.29, 0.717) is 30.7 Å². The second-order valence-electron chi connectivity index (χ2n) is 11.4. The number of nitrogens with zero attached hydrogens (tertiary/aromatic N) is 1. The standard InChI is InChI=1S/C31H53N3O5S/c1-8-10-11-12-13-16-21-34(29(37)25(20-22-40-7)33-30(38)39-31(4,5)6)27(24-18-14-15-19-26(24)35)28(36)32-23(3)17-9-2/h14-15,18-19,23,25,27,35H,8-13,16-17,20-22H2,1-7H3,(H,32,36)(H,33,38). The normalized spacial score (nSPS) is 13.7. The molecule has 9 heteroatoms. The number of carbonyl (C=O) groups excluding carboxylic acids is 3. The predicted octanol–water partition coefficient (Wildman–Crippen LogP) is 6.57. The fraction of sp³-hybridized carbons (Fsp3) is 0.710. The van der Waals surface area contributed by atoms with Crippen LogP contribution >= 0.6 is 11.8 Å². The number of ether oxygens (including phenoxy) is 1. The van der Waals surface area contributed by atoms with Crippen LogP contribution < -0.4 is 10.6 Å². The maximum Gasteiger partial charge on any atom is 0.408 e. The van der Waals surface area contributed by atoms with E-state index in [4.69, 9.17) is 4.74 Å². The third-order valence-electron chi connectivity index (χ3n) is 6.54. The molecule has 3 unspecified atom stereocenters. The van der Waals surface area contributed by atoms with Crippen LogP contribution in [-0.2, 0) is 14.3 Å². The molecule has 228 valence electrons. The van der Waals surface area contributed by atoms with Crippen molar-refractivity contribution < 1.29 is 24.2 Å². The Morgan fingerprint density at radius 1 is 0.975 bits per heavy atom. The van der Waals surface area contributed by atoms with Crippen molar-refractivity contribution in [2.75, 3.05) is 18.6 Å². The zero-order valence-electron chi connectivity index (χ0n) is 25.8. The van der Waals surface area contributed by atoms with Gasteiger partial charge >= 0.3 is 6.09 Å². The van der Waals surface area contributed by atoms with Gasteiger partial charge in [-0.1, -0.05) is 70.6 Å². The maximum atomic E-state index is 14.2. The highest BCUT2D eigenvalue weighted by atomic mass is 32.2. The van der Waals surface area contributed by atoms with Crippen LogP contribution in [0, 0.1) is 0 Å². The lowest BCUT2D eigenvalue weighted by molar-refractivity contribution is -0.143. The third kappa shape index (κ3) is 13.3. The molecular weight excluding hydrogens is 526 g/mol. The lowest BCUT2D eigenvalue weighted by Crippen LogP contribution is -2.54. The molecule has 8 nitrogen and oxygen atoms in total. The lowest BCUT2D eigenvalue weighted by Gasteiger charge is -2.35. The molecule has 40 heavy (non-hydrogen) atoms. The molecule has 0 fully saturated rings.